The summed E-state index contributed by atoms with van der Waals surface area (Å²) in [5.41, 5.74) is 3.94. The predicted molar refractivity (Wildman–Crippen MR) is 48.8 cm³/mol. The molecule has 1 radical (unpaired) electrons. The van der Waals surface area contributed by atoms with E-state index in [2.05, 4.69) is 28.6 Å². The van der Waals surface area contributed by atoms with Crippen molar-refractivity contribution < 1.29 is 0 Å². The van der Waals surface area contributed by atoms with E-state index in [-0.39, 0.29) is 0 Å². The molecule has 0 aromatic carbocycles. The first kappa shape index (κ1) is 7.67. The number of aromatic nitrogens is 2. The van der Waals surface area contributed by atoms with Crippen LogP contribution in [-0.2, 0) is 0 Å². The fraction of sp³-hybridized carbons (Fsp3) is 0.429. The number of rotatable bonds is 0. The van der Waals surface area contributed by atoms with Crippen LogP contribution >= 0.6 is 11.8 Å². The lowest BCUT2D eigenvalue weighted by Gasteiger charge is -2.00. The fourth-order valence-corrected chi connectivity index (χ4v) is 1.79. The first-order valence-corrected chi connectivity index (χ1v) is 4.58. The Bertz CT molecular complexity index is 317. The summed E-state index contributed by atoms with van der Waals surface area (Å²) in [5, 5.41) is 9.46. The average Bonchev–Trinajstić information content (AvgIpc) is 2.58. The second-order valence-electron chi connectivity index (χ2n) is 2.57. The first-order chi connectivity index (χ1) is 5.77. The van der Waals surface area contributed by atoms with Crippen molar-refractivity contribution >= 4 is 16.9 Å². The van der Waals surface area contributed by atoms with Gasteiger partial charge in [0, 0.05) is 6.07 Å². The van der Waals surface area contributed by atoms with Gasteiger partial charge in [-0.1, -0.05) is 11.8 Å². The predicted octanol–water partition coefficient (Wildman–Crippen LogP) is 0.793. The number of aryl methyl sites for hydroxylation is 1. The molecule has 1 aromatic heterocycles. The van der Waals surface area contributed by atoms with Gasteiger partial charge in [-0.25, -0.2) is 4.68 Å². The maximum absolute atomic E-state index is 4.13. The number of hydrazone groups is 1. The summed E-state index contributed by atoms with van der Waals surface area (Å²) in [7, 11) is 0. The van der Waals surface area contributed by atoms with Crippen molar-refractivity contribution in [3.05, 3.63) is 18.0 Å². The number of nitrogens with one attached hydrogen (secondary N) is 1. The summed E-state index contributed by atoms with van der Waals surface area (Å²) in [6.45, 7) is 4.02. The van der Waals surface area contributed by atoms with E-state index in [1.54, 1.807) is 22.6 Å². The molecule has 0 saturated heterocycles. The lowest BCUT2D eigenvalue weighted by atomic mass is 10.5. The Labute approximate surface area is 75.0 Å². The molecular formula is C7H9N4S. The normalized spacial score (nSPS) is 22.2. The second-order valence-corrected chi connectivity index (χ2v) is 3.88. The molecule has 0 amide bonds. The quantitative estimate of drug-likeness (QED) is 0.643. The van der Waals surface area contributed by atoms with E-state index in [0.717, 1.165) is 10.9 Å². The molecule has 0 spiro atoms. The van der Waals surface area contributed by atoms with Gasteiger partial charge in [0.2, 0.25) is 5.17 Å². The van der Waals surface area contributed by atoms with Crippen molar-refractivity contribution in [2.24, 2.45) is 5.10 Å². The minimum absolute atomic E-state index is 0.337. The van der Waals surface area contributed by atoms with Gasteiger partial charge in [0.25, 0.3) is 0 Å². The van der Waals surface area contributed by atoms with Crippen LogP contribution in [0.3, 0.4) is 0 Å². The van der Waals surface area contributed by atoms with Crippen LogP contribution in [0.15, 0.2) is 11.3 Å². The molecule has 0 aliphatic carbocycles. The minimum atomic E-state index is 0.337. The highest BCUT2D eigenvalue weighted by Gasteiger charge is 2.17. The van der Waals surface area contributed by atoms with Crippen molar-refractivity contribution in [1.82, 2.24) is 15.2 Å². The van der Waals surface area contributed by atoms with Crippen LogP contribution in [0.1, 0.15) is 12.6 Å². The summed E-state index contributed by atoms with van der Waals surface area (Å²) < 4.78 is 1.78. The van der Waals surface area contributed by atoms with Crippen LogP contribution < -0.4 is 5.43 Å². The van der Waals surface area contributed by atoms with Crippen molar-refractivity contribution in [3.8, 4) is 0 Å². The van der Waals surface area contributed by atoms with Crippen LogP contribution in [0.4, 0.5) is 0 Å². The molecule has 1 aliphatic rings. The lowest BCUT2D eigenvalue weighted by Crippen LogP contribution is -2.10. The van der Waals surface area contributed by atoms with E-state index in [0.29, 0.717) is 5.37 Å². The molecule has 63 valence electrons. The number of hydrogen-bond acceptors (Lipinski definition) is 4. The molecule has 0 bridgehead atoms. The summed E-state index contributed by atoms with van der Waals surface area (Å²) in [5.74, 6) is 0. The molecule has 1 atom stereocenters. The molecule has 1 aromatic rings. The zero-order valence-electron chi connectivity index (χ0n) is 6.90. The van der Waals surface area contributed by atoms with E-state index in [9.17, 15) is 0 Å². The Morgan fingerprint density at radius 2 is 2.58 bits per heavy atom. The summed E-state index contributed by atoms with van der Waals surface area (Å²) >= 11 is 1.66. The molecule has 12 heavy (non-hydrogen) atoms. The highest BCUT2D eigenvalue weighted by molar-refractivity contribution is 8.14. The van der Waals surface area contributed by atoms with Crippen molar-refractivity contribution in [1.29, 1.82) is 0 Å². The van der Waals surface area contributed by atoms with Gasteiger partial charge < -0.3 is 0 Å². The molecule has 0 saturated carbocycles. The Balaban J connectivity index is 2.27. The minimum Gasteiger partial charge on any atom is -0.294 e. The largest absolute Gasteiger partial charge is 0.294 e. The first-order valence-electron chi connectivity index (χ1n) is 3.70. The molecule has 1 aliphatic heterocycles. The van der Waals surface area contributed by atoms with Crippen LogP contribution in [-0.4, -0.2) is 20.3 Å². The van der Waals surface area contributed by atoms with Crippen molar-refractivity contribution in [2.75, 3.05) is 0 Å². The van der Waals surface area contributed by atoms with Gasteiger partial charge >= 0.3 is 0 Å². The second kappa shape index (κ2) is 2.82. The maximum atomic E-state index is 4.13. The maximum Gasteiger partial charge on any atom is 0.209 e. The molecule has 1 unspecified atom stereocenters. The summed E-state index contributed by atoms with van der Waals surface area (Å²) in [6, 6.07) is 2.99. The summed E-state index contributed by atoms with van der Waals surface area (Å²) in [6.07, 6.45) is 1.65. The van der Waals surface area contributed by atoms with Gasteiger partial charge in [-0.3, -0.25) is 5.43 Å². The van der Waals surface area contributed by atoms with Gasteiger partial charge in [0.1, 0.15) is 0 Å². The van der Waals surface area contributed by atoms with Crippen LogP contribution in [0, 0.1) is 13.0 Å². The summed E-state index contributed by atoms with van der Waals surface area (Å²) in [4.78, 5) is 0. The average molecular weight is 181 g/mol. The standard InChI is InChI=1S/C7H9N4S/c1-5-3-4-8-11(5)7-10-9-6(2)12-7/h4,6,9H,1-2H3. The Morgan fingerprint density at radius 3 is 3.08 bits per heavy atom. The van der Waals surface area contributed by atoms with Crippen LogP contribution in [0.25, 0.3) is 0 Å². The highest BCUT2D eigenvalue weighted by atomic mass is 32.2. The van der Waals surface area contributed by atoms with Gasteiger partial charge in [-0.2, -0.15) is 10.2 Å². The topological polar surface area (TPSA) is 42.2 Å². The molecule has 2 heterocycles. The number of thioether (sulfide) groups is 1. The monoisotopic (exact) mass is 181 g/mol. The third-order valence-corrected chi connectivity index (χ3v) is 2.50. The molecule has 5 heteroatoms. The smallest absolute Gasteiger partial charge is 0.209 e. The zero-order valence-corrected chi connectivity index (χ0v) is 7.72. The van der Waals surface area contributed by atoms with E-state index < -0.39 is 0 Å². The Morgan fingerprint density at radius 1 is 1.75 bits per heavy atom. The lowest BCUT2D eigenvalue weighted by molar-refractivity contribution is 0.747. The molecule has 2 rings (SSSR count). The van der Waals surface area contributed by atoms with E-state index in [1.165, 1.54) is 0 Å². The van der Waals surface area contributed by atoms with Crippen molar-refractivity contribution in [3.63, 3.8) is 0 Å². The zero-order chi connectivity index (χ0) is 8.55. The Kier molecular flexibility index (Phi) is 1.80. The van der Waals surface area contributed by atoms with Crippen LogP contribution in [0.5, 0.6) is 0 Å². The molecule has 4 nitrogen and oxygen atoms in total. The third kappa shape index (κ3) is 1.20. The molecule has 0 fully saturated rings. The molecular weight excluding hydrogens is 172 g/mol. The van der Waals surface area contributed by atoms with Gasteiger partial charge in [-0.15, -0.1) is 0 Å². The van der Waals surface area contributed by atoms with E-state index in [1.807, 2.05) is 6.92 Å². The third-order valence-electron chi connectivity index (χ3n) is 1.57. The van der Waals surface area contributed by atoms with Crippen LogP contribution in [0.2, 0.25) is 0 Å². The number of hydrogen-bond donors (Lipinski definition) is 1. The van der Waals surface area contributed by atoms with Gasteiger partial charge in [0.15, 0.2) is 0 Å². The Hall–Kier alpha value is -0.970. The fourth-order valence-electron chi connectivity index (χ4n) is 0.975. The number of nitrogens with zero attached hydrogens (tertiary/aromatic N) is 3. The molecule has 1 N–H and O–H groups in total. The van der Waals surface area contributed by atoms with E-state index >= 15 is 0 Å². The SMILES string of the molecule is Cc1[c]cnn1C1=NNC(C)S1. The van der Waals surface area contributed by atoms with E-state index in [4.69, 9.17) is 0 Å². The highest BCUT2D eigenvalue weighted by Crippen LogP contribution is 2.17. The van der Waals surface area contributed by atoms with Gasteiger partial charge in [0.05, 0.1) is 17.3 Å². The van der Waals surface area contributed by atoms with Gasteiger partial charge in [-0.05, 0) is 13.8 Å². The van der Waals surface area contributed by atoms with Crippen molar-refractivity contribution in [2.45, 2.75) is 19.2 Å².